The van der Waals surface area contributed by atoms with Crippen molar-refractivity contribution in [3.63, 3.8) is 0 Å². The Morgan fingerprint density at radius 2 is 1.71 bits per heavy atom. The molecule has 162 valence electrons. The number of nitrogens with zero attached hydrogens (tertiary/aromatic N) is 3. The number of rotatable bonds is 4. The highest BCUT2D eigenvalue weighted by molar-refractivity contribution is 6.05. The van der Waals surface area contributed by atoms with E-state index in [4.69, 9.17) is 0 Å². The van der Waals surface area contributed by atoms with Gasteiger partial charge in [0, 0.05) is 24.5 Å². The van der Waals surface area contributed by atoms with Crippen molar-refractivity contribution in [1.29, 1.82) is 0 Å². The lowest BCUT2D eigenvalue weighted by Crippen LogP contribution is -2.21. The standard InChI is InChI=1S/C23H23F3N4O/c1-15-3-7-19(8-4-15)30-21(23(24,25)26)20(13-27-30)22(31)28-17-5-9-18(10-6-17)29-12-11-16(2)14-29/h3-10,13,16H,11-12,14H2,1-2H3,(H,28,31). The van der Waals surface area contributed by atoms with Gasteiger partial charge in [0.2, 0.25) is 0 Å². The largest absolute Gasteiger partial charge is 0.434 e. The number of aromatic nitrogens is 2. The zero-order valence-electron chi connectivity index (χ0n) is 17.3. The highest BCUT2D eigenvalue weighted by Crippen LogP contribution is 2.34. The van der Waals surface area contributed by atoms with E-state index in [-0.39, 0.29) is 5.69 Å². The molecule has 0 saturated carbocycles. The van der Waals surface area contributed by atoms with Gasteiger partial charge in [-0.2, -0.15) is 18.3 Å². The van der Waals surface area contributed by atoms with Crippen molar-refractivity contribution < 1.29 is 18.0 Å². The number of hydrogen-bond acceptors (Lipinski definition) is 3. The van der Waals surface area contributed by atoms with Crippen LogP contribution < -0.4 is 10.2 Å². The van der Waals surface area contributed by atoms with Gasteiger partial charge in [-0.05, 0) is 55.7 Å². The number of carbonyl (C=O) groups is 1. The number of hydrogen-bond donors (Lipinski definition) is 1. The van der Waals surface area contributed by atoms with Crippen LogP contribution in [0.4, 0.5) is 24.5 Å². The third kappa shape index (κ3) is 4.42. The van der Waals surface area contributed by atoms with Crippen LogP contribution >= 0.6 is 0 Å². The van der Waals surface area contributed by atoms with Gasteiger partial charge in [-0.3, -0.25) is 4.79 Å². The van der Waals surface area contributed by atoms with Crippen molar-refractivity contribution in [3.8, 4) is 5.69 Å². The van der Waals surface area contributed by atoms with E-state index in [9.17, 15) is 18.0 Å². The molecule has 3 aromatic rings. The summed E-state index contributed by atoms with van der Waals surface area (Å²) >= 11 is 0. The molecule has 0 bridgehead atoms. The Hall–Kier alpha value is -3.29. The quantitative estimate of drug-likeness (QED) is 0.614. The van der Waals surface area contributed by atoms with E-state index in [2.05, 4.69) is 22.2 Å². The first kappa shape index (κ1) is 21.0. The second kappa shape index (κ2) is 8.09. The SMILES string of the molecule is Cc1ccc(-n2ncc(C(=O)Nc3ccc(N4CCC(C)C4)cc3)c2C(F)(F)F)cc1. The Morgan fingerprint density at radius 3 is 2.29 bits per heavy atom. The molecule has 0 aliphatic carbocycles. The molecule has 5 nitrogen and oxygen atoms in total. The fourth-order valence-electron chi connectivity index (χ4n) is 3.79. The second-order valence-electron chi connectivity index (χ2n) is 7.99. The summed E-state index contributed by atoms with van der Waals surface area (Å²) in [7, 11) is 0. The van der Waals surface area contributed by atoms with Gasteiger partial charge in [-0.25, -0.2) is 4.68 Å². The molecular weight excluding hydrogens is 405 g/mol. The molecule has 1 unspecified atom stereocenters. The summed E-state index contributed by atoms with van der Waals surface area (Å²) in [5.74, 6) is -0.224. The minimum Gasteiger partial charge on any atom is -0.371 e. The molecule has 1 atom stereocenters. The van der Waals surface area contributed by atoms with E-state index in [1.165, 1.54) is 12.1 Å². The number of anilines is 2. The summed E-state index contributed by atoms with van der Waals surface area (Å²) in [4.78, 5) is 14.9. The van der Waals surface area contributed by atoms with Crippen LogP contribution in [0, 0.1) is 12.8 Å². The first-order valence-electron chi connectivity index (χ1n) is 10.1. The first-order valence-corrected chi connectivity index (χ1v) is 10.1. The second-order valence-corrected chi connectivity index (χ2v) is 7.99. The molecule has 1 N–H and O–H groups in total. The maximum Gasteiger partial charge on any atom is 0.434 e. The average Bonchev–Trinajstić information content (AvgIpc) is 3.36. The number of alkyl halides is 3. The highest BCUT2D eigenvalue weighted by atomic mass is 19.4. The molecule has 1 fully saturated rings. The lowest BCUT2D eigenvalue weighted by Gasteiger charge is -2.18. The van der Waals surface area contributed by atoms with Crippen LogP contribution in [0.1, 0.15) is 35.0 Å². The van der Waals surface area contributed by atoms with Crippen molar-refractivity contribution in [1.82, 2.24) is 9.78 Å². The predicted octanol–water partition coefficient (Wildman–Crippen LogP) is 5.30. The summed E-state index contributed by atoms with van der Waals surface area (Å²) < 4.78 is 42.2. The van der Waals surface area contributed by atoms with Gasteiger partial charge in [0.25, 0.3) is 5.91 Å². The van der Waals surface area contributed by atoms with E-state index in [1.807, 2.05) is 19.1 Å². The van der Waals surface area contributed by atoms with Crippen molar-refractivity contribution in [2.75, 3.05) is 23.3 Å². The third-order valence-electron chi connectivity index (χ3n) is 5.48. The molecule has 1 aliphatic heterocycles. The molecular formula is C23H23F3N4O. The highest BCUT2D eigenvalue weighted by Gasteiger charge is 2.40. The molecule has 1 aliphatic rings. The Labute approximate surface area is 178 Å². The number of benzene rings is 2. The lowest BCUT2D eigenvalue weighted by molar-refractivity contribution is -0.143. The molecule has 0 spiro atoms. The summed E-state index contributed by atoms with van der Waals surface area (Å²) in [5, 5.41) is 6.41. The van der Waals surface area contributed by atoms with Crippen molar-refractivity contribution in [2.45, 2.75) is 26.4 Å². The van der Waals surface area contributed by atoms with Crippen LogP contribution in [0.5, 0.6) is 0 Å². The molecule has 0 radical (unpaired) electrons. The predicted molar refractivity (Wildman–Crippen MR) is 114 cm³/mol. The normalized spacial score (nSPS) is 16.5. The van der Waals surface area contributed by atoms with Gasteiger partial charge < -0.3 is 10.2 Å². The van der Waals surface area contributed by atoms with Crippen LogP contribution in [0.15, 0.2) is 54.7 Å². The van der Waals surface area contributed by atoms with Gasteiger partial charge in [0.1, 0.15) is 0 Å². The molecule has 2 heterocycles. The summed E-state index contributed by atoms with van der Waals surface area (Å²) in [6.45, 7) is 5.98. The van der Waals surface area contributed by atoms with Crippen LogP contribution in [0.3, 0.4) is 0 Å². The summed E-state index contributed by atoms with van der Waals surface area (Å²) in [6.07, 6.45) is -2.66. The summed E-state index contributed by atoms with van der Waals surface area (Å²) in [5.41, 5.74) is 0.986. The summed E-state index contributed by atoms with van der Waals surface area (Å²) in [6, 6.07) is 13.6. The number of nitrogens with one attached hydrogen (secondary N) is 1. The molecule has 1 amide bonds. The van der Waals surface area contributed by atoms with Crippen molar-refractivity contribution in [2.24, 2.45) is 5.92 Å². The zero-order valence-corrected chi connectivity index (χ0v) is 17.3. The van der Waals surface area contributed by atoms with Crippen LogP contribution in [0.25, 0.3) is 5.69 Å². The average molecular weight is 428 g/mol. The monoisotopic (exact) mass is 428 g/mol. The molecule has 31 heavy (non-hydrogen) atoms. The fourth-order valence-corrected chi connectivity index (χ4v) is 3.79. The number of halogens is 3. The number of amides is 1. The van der Waals surface area contributed by atoms with Crippen LogP contribution in [-0.4, -0.2) is 28.8 Å². The Morgan fingerprint density at radius 1 is 1.06 bits per heavy atom. The van der Waals surface area contributed by atoms with Gasteiger partial charge >= 0.3 is 6.18 Å². The minimum absolute atomic E-state index is 0.237. The van der Waals surface area contributed by atoms with Gasteiger partial charge in [0.15, 0.2) is 5.69 Å². The zero-order chi connectivity index (χ0) is 22.2. The topological polar surface area (TPSA) is 50.2 Å². The van der Waals surface area contributed by atoms with Crippen molar-refractivity contribution >= 4 is 17.3 Å². The van der Waals surface area contributed by atoms with Gasteiger partial charge in [0.05, 0.1) is 17.4 Å². The van der Waals surface area contributed by atoms with Gasteiger partial charge in [-0.1, -0.05) is 24.6 Å². The molecule has 1 saturated heterocycles. The number of carbonyl (C=O) groups excluding carboxylic acids is 1. The Balaban J connectivity index is 1.58. The van der Waals surface area contributed by atoms with E-state index in [0.29, 0.717) is 11.6 Å². The number of aryl methyl sites for hydroxylation is 1. The molecule has 1 aromatic heterocycles. The van der Waals surface area contributed by atoms with Crippen LogP contribution in [-0.2, 0) is 6.18 Å². The molecule has 8 heteroatoms. The van der Waals surface area contributed by atoms with E-state index in [1.54, 1.807) is 24.3 Å². The first-order chi connectivity index (χ1) is 14.7. The molecule has 2 aromatic carbocycles. The third-order valence-corrected chi connectivity index (χ3v) is 5.48. The minimum atomic E-state index is -4.75. The maximum atomic E-state index is 13.8. The van der Waals surface area contributed by atoms with E-state index >= 15 is 0 Å². The van der Waals surface area contributed by atoms with Crippen molar-refractivity contribution in [3.05, 3.63) is 71.5 Å². The smallest absolute Gasteiger partial charge is 0.371 e. The fraction of sp³-hybridized carbons (Fsp3) is 0.304. The van der Waals surface area contributed by atoms with E-state index < -0.39 is 23.3 Å². The van der Waals surface area contributed by atoms with Crippen LogP contribution in [0.2, 0.25) is 0 Å². The lowest BCUT2D eigenvalue weighted by atomic mass is 10.2. The molecule has 4 rings (SSSR count). The van der Waals surface area contributed by atoms with E-state index in [0.717, 1.165) is 41.6 Å². The Kier molecular flexibility index (Phi) is 5.47. The van der Waals surface area contributed by atoms with Gasteiger partial charge in [-0.15, -0.1) is 0 Å². The Bertz CT molecular complexity index is 1070. The maximum absolute atomic E-state index is 13.8.